The molecule has 0 spiro atoms. The van der Waals surface area contributed by atoms with E-state index in [0.717, 1.165) is 0 Å². The van der Waals surface area contributed by atoms with Crippen LogP contribution in [0.15, 0.2) is 158 Å². The monoisotopic (exact) mass is 582 g/mol. The Labute approximate surface area is 268 Å². The van der Waals surface area contributed by atoms with Crippen LogP contribution in [0.5, 0.6) is 0 Å². The van der Waals surface area contributed by atoms with Crippen molar-refractivity contribution < 1.29 is 0 Å². The van der Waals surface area contributed by atoms with Gasteiger partial charge in [-0.2, -0.15) is 0 Å². The van der Waals surface area contributed by atoms with Gasteiger partial charge in [0, 0.05) is 11.8 Å². The van der Waals surface area contributed by atoms with Crippen molar-refractivity contribution in [2.24, 2.45) is 0 Å². The molecule has 0 amide bonds. The first-order valence-electron chi connectivity index (χ1n) is 16.3. The number of fused-ring (bicyclic) bond motifs is 7. The van der Waals surface area contributed by atoms with Gasteiger partial charge in [0.15, 0.2) is 0 Å². The van der Waals surface area contributed by atoms with Gasteiger partial charge >= 0.3 is 0 Å². The summed E-state index contributed by atoms with van der Waals surface area (Å²) >= 11 is 0. The Kier molecular flexibility index (Phi) is 5.50. The molecule has 0 fully saturated rings. The molecule has 8 aromatic carbocycles. The van der Waals surface area contributed by atoms with Crippen LogP contribution < -0.4 is 10.4 Å². The molecule has 2 unspecified atom stereocenters. The van der Waals surface area contributed by atoms with Crippen molar-refractivity contribution in [3.05, 3.63) is 179 Å². The molecular formula is C46H30. The van der Waals surface area contributed by atoms with E-state index in [0.29, 0.717) is 11.8 Å². The molecular weight excluding hydrogens is 553 g/mol. The van der Waals surface area contributed by atoms with Crippen LogP contribution in [0.4, 0.5) is 0 Å². The van der Waals surface area contributed by atoms with Gasteiger partial charge in [-0.25, -0.2) is 0 Å². The molecule has 0 aromatic heterocycles. The van der Waals surface area contributed by atoms with Crippen LogP contribution in [0.2, 0.25) is 0 Å². The Balaban J connectivity index is 1.10. The average Bonchev–Trinajstić information content (AvgIpc) is 3.44. The normalized spacial score (nSPS) is 16.2. The van der Waals surface area contributed by atoms with E-state index < -0.39 is 0 Å². The van der Waals surface area contributed by atoms with Crippen molar-refractivity contribution in [1.29, 1.82) is 0 Å². The van der Waals surface area contributed by atoms with E-state index in [2.05, 4.69) is 170 Å². The Morgan fingerprint density at radius 2 is 0.870 bits per heavy atom. The maximum absolute atomic E-state index is 2.53. The summed E-state index contributed by atoms with van der Waals surface area (Å²) in [6.07, 6.45) is 5.05. The van der Waals surface area contributed by atoms with Crippen LogP contribution >= 0.6 is 0 Å². The highest BCUT2D eigenvalue weighted by Crippen LogP contribution is 2.49. The fourth-order valence-corrected chi connectivity index (χ4v) is 8.17. The first-order chi connectivity index (χ1) is 22.8. The minimum absolute atomic E-state index is 0.372. The zero-order chi connectivity index (χ0) is 30.2. The lowest BCUT2D eigenvalue weighted by Crippen LogP contribution is -2.31. The third kappa shape index (κ3) is 3.87. The smallest absolute Gasteiger partial charge is 0.0137 e. The molecule has 0 heteroatoms. The Bertz CT molecular complexity index is 2620. The molecule has 214 valence electrons. The number of hydrogen-bond donors (Lipinski definition) is 0. The first-order valence-corrected chi connectivity index (χ1v) is 16.3. The third-order valence-electron chi connectivity index (χ3n) is 10.4. The third-order valence-corrected chi connectivity index (χ3v) is 10.4. The van der Waals surface area contributed by atoms with E-state index in [1.165, 1.54) is 87.3 Å². The maximum atomic E-state index is 2.53. The second-order valence-corrected chi connectivity index (χ2v) is 12.9. The highest BCUT2D eigenvalue weighted by molar-refractivity contribution is 6.08. The summed E-state index contributed by atoms with van der Waals surface area (Å²) in [6.45, 7) is 0. The molecule has 0 radical (unpaired) electrons. The predicted octanol–water partition coefficient (Wildman–Crippen LogP) is 10.6. The van der Waals surface area contributed by atoms with Crippen molar-refractivity contribution in [3.63, 3.8) is 0 Å². The lowest BCUT2D eigenvalue weighted by atomic mass is 9.83. The number of hydrogen-bond acceptors (Lipinski definition) is 0. The van der Waals surface area contributed by atoms with E-state index >= 15 is 0 Å². The summed E-state index contributed by atoms with van der Waals surface area (Å²) in [7, 11) is 0. The van der Waals surface area contributed by atoms with Crippen molar-refractivity contribution >= 4 is 44.5 Å². The second-order valence-electron chi connectivity index (χ2n) is 12.9. The largest absolute Gasteiger partial charge is 0.0682 e. The summed E-state index contributed by atoms with van der Waals surface area (Å²) < 4.78 is 0. The van der Waals surface area contributed by atoms with Crippen LogP contribution in [0, 0.1) is 0 Å². The van der Waals surface area contributed by atoms with Crippen LogP contribution in [-0.4, -0.2) is 0 Å². The molecule has 2 aliphatic carbocycles. The summed E-state index contributed by atoms with van der Waals surface area (Å²) in [5.41, 5.74) is 10.4. The molecule has 0 bridgehead atoms. The standard InChI is InChI=1S/C46H30/c1-2-8-30(9-3-1)42-25-36-27-44-40-14-6-11-33-12-7-15-41(46(33)40)45(44)28-37(36)26-43(42)32-18-16-29(17-19-32)34-22-23-39-35(24-34)21-20-31-10-4-5-13-38(31)39/h1-28,44-45H. The van der Waals surface area contributed by atoms with Gasteiger partial charge in [-0.05, 0) is 105 Å². The van der Waals surface area contributed by atoms with E-state index in [4.69, 9.17) is 0 Å². The van der Waals surface area contributed by atoms with Gasteiger partial charge in [0.05, 0.1) is 0 Å². The predicted molar refractivity (Wildman–Crippen MR) is 195 cm³/mol. The van der Waals surface area contributed by atoms with Gasteiger partial charge in [0.2, 0.25) is 0 Å². The molecule has 2 atom stereocenters. The quantitative estimate of drug-likeness (QED) is 0.182. The van der Waals surface area contributed by atoms with Gasteiger partial charge in [-0.1, -0.05) is 152 Å². The lowest BCUT2D eigenvalue weighted by molar-refractivity contribution is 0.834. The van der Waals surface area contributed by atoms with Crippen LogP contribution in [0.1, 0.15) is 23.0 Å². The molecule has 0 aliphatic heterocycles. The zero-order valence-corrected chi connectivity index (χ0v) is 25.3. The molecule has 2 aliphatic rings. The molecule has 0 saturated heterocycles. The molecule has 46 heavy (non-hydrogen) atoms. The van der Waals surface area contributed by atoms with Crippen molar-refractivity contribution in [1.82, 2.24) is 0 Å². The van der Waals surface area contributed by atoms with Crippen LogP contribution in [0.3, 0.4) is 0 Å². The Morgan fingerprint density at radius 1 is 0.326 bits per heavy atom. The highest BCUT2D eigenvalue weighted by atomic mass is 14.4. The molecule has 8 aromatic rings. The van der Waals surface area contributed by atoms with E-state index in [-0.39, 0.29) is 0 Å². The Hall–Kier alpha value is -5.72. The maximum Gasteiger partial charge on any atom is 0.0137 e. The van der Waals surface area contributed by atoms with E-state index in [9.17, 15) is 0 Å². The van der Waals surface area contributed by atoms with Crippen LogP contribution in [0.25, 0.3) is 77.9 Å². The molecule has 0 N–H and O–H groups in total. The van der Waals surface area contributed by atoms with Crippen molar-refractivity contribution in [2.45, 2.75) is 11.8 Å². The summed E-state index contributed by atoms with van der Waals surface area (Å²) in [4.78, 5) is 0. The first kappa shape index (κ1) is 25.6. The van der Waals surface area contributed by atoms with E-state index in [1.54, 1.807) is 0 Å². The van der Waals surface area contributed by atoms with Gasteiger partial charge in [-0.3, -0.25) is 0 Å². The fraction of sp³-hybridized carbons (Fsp3) is 0.0435. The number of rotatable bonds is 3. The molecule has 0 saturated carbocycles. The lowest BCUT2D eigenvalue weighted by Gasteiger charge is -2.21. The summed E-state index contributed by atoms with van der Waals surface area (Å²) in [5.74, 6) is 0.749. The minimum Gasteiger partial charge on any atom is -0.0682 e. The highest BCUT2D eigenvalue weighted by Gasteiger charge is 2.32. The van der Waals surface area contributed by atoms with Gasteiger partial charge in [0.1, 0.15) is 0 Å². The van der Waals surface area contributed by atoms with E-state index in [1.807, 2.05) is 0 Å². The topological polar surface area (TPSA) is 0 Å². The van der Waals surface area contributed by atoms with Gasteiger partial charge in [0.25, 0.3) is 0 Å². The SMILES string of the molecule is C1=c2cc(-c3ccccc3)c(-c3ccc(-c4ccc5c(ccc6ccccc65)c4)cc3)cc2=CC2c3cccc4cccc(c34)C12. The Morgan fingerprint density at radius 3 is 1.59 bits per heavy atom. The van der Waals surface area contributed by atoms with Crippen molar-refractivity contribution in [3.8, 4) is 33.4 Å². The summed E-state index contributed by atoms with van der Waals surface area (Å²) in [6, 6.07) is 58.5. The molecule has 10 rings (SSSR count). The fourth-order valence-electron chi connectivity index (χ4n) is 8.17. The number of benzene rings is 8. The average molecular weight is 583 g/mol. The molecule has 0 heterocycles. The minimum atomic E-state index is 0.372. The van der Waals surface area contributed by atoms with Gasteiger partial charge < -0.3 is 0 Å². The molecule has 0 nitrogen and oxygen atoms in total. The van der Waals surface area contributed by atoms with Crippen LogP contribution in [-0.2, 0) is 0 Å². The second kappa shape index (κ2) is 9.89. The van der Waals surface area contributed by atoms with Crippen molar-refractivity contribution in [2.75, 3.05) is 0 Å². The summed E-state index contributed by atoms with van der Waals surface area (Å²) in [5, 5.41) is 10.6. The zero-order valence-electron chi connectivity index (χ0n) is 25.3. The van der Waals surface area contributed by atoms with Gasteiger partial charge in [-0.15, -0.1) is 0 Å².